The van der Waals surface area contributed by atoms with Crippen molar-refractivity contribution in [3.05, 3.63) is 29.8 Å². The molecule has 0 atom stereocenters. The van der Waals surface area contributed by atoms with Crippen LogP contribution in [0.3, 0.4) is 0 Å². The molecule has 0 unspecified atom stereocenters. The first-order valence-corrected chi connectivity index (χ1v) is 4.67. The van der Waals surface area contributed by atoms with E-state index in [4.69, 9.17) is 14.2 Å². The summed E-state index contributed by atoms with van der Waals surface area (Å²) in [5, 5.41) is 0. The first kappa shape index (κ1) is 9.49. The summed E-state index contributed by atoms with van der Waals surface area (Å²) in [6.07, 6.45) is 0. The predicted octanol–water partition coefficient (Wildman–Crippen LogP) is 1.91. The average molecular weight is 194 g/mol. The number of benzene rings is 1. The summed E-state index contributed by atoms with van der Waals surface area (Å²) in [4.78, 5) is 0. The number of rotatable bonds is 2. The zero-order chi connectivity index (χ0) is 10.0. The van der Waals surface area contributed by atoms with Crippen molar-refractivity contribution in [3.63, 3.8) is 0 Å². The molecule has 14 heavy (non-hydrogen) atoms. The number of hydrogen-bond acceptors (Lipinski definition) is 3. The molecule has 3 heteroatoms. The highest BCUT2D eigenvalue weighted by Gasteiger charge is 2.32. The fourth-order valence-electron chi connectivity index (χ4n) is 1.57. The van der Waals surface area contributed by atoms with Gasteiger partial charge in [0.2, 0.25) is 0 Å². The van der Waals surface area contributed by atoms with Gasteiger partial charge in [0.25, 0.3) is 0 Å². The molecule has 1 fully saturated rings. The maximum atomic E-state index is 5.54. The smallest absolute Gasteiger partial charge is 0.192 e. The minimum absolute atomic E-state index is 0.577. The lowest BCUT2D eigenvalue weighted by atomic mass is 10.1. The summed E-state index contributed by atoms with van der Waals surface area (Å²) in [7, 11) is 1.65. The first-order valence-electron chi connectivity index (χ1n) is 4.67. The maximum absolute atomic E-state index is 5.54. The van der Waals surface area contributed by atoms with E-state index in [0.29, 0.717) is 13.2 Å². The van der Waals surface area contributed by atoms with Crippen molar-refractivity contribution in [3.8, 4) is 5.75 Å². The molecule has 1 aliphatic heterocycles. The van der Waals surface area contributed by atoms with Crippen molar-refractivity contribution in [2.45, 2.75) is 12.7 Å². The highest BCUT2D eigenvalue weighted by molar-refractivity contribution is 5.29. The molecule has 1 saturated heterocycles. The van der Waals surface area contributed by atoms with Gasteiger partial charge in [-0.2, -0.15) is 0 Å². The van der Waals surface area contributed by atoms with E-state index >= 15 is 0 Å². The topological polar surface area (TPSA) is 27.7 Å². The molecule has 1 aromatic rings. The average Bonchev–Trinajstić information content (AvgIpc) is 2.67. The summed E-state index contributed by atoms with van der Waals surface area (Å²) < 4.78 is 16.2. The summed E-state index contributed by atoms with van der Waals surface area (Å²) in [5.41, 5.74) is 1.02. The largest absolute Gasteiger partial charge is 0.497 e. The van der Waals surface area contributed by atoms with Crippen LogP contribution in [0.15, 0.2) is 24.3 Å². The zero-order valence-electron chi connectivity index (χ0n) is 8.45. The lowest BCUT2D eigenvalue weighted by molar-refractivity contribution is -0.149. The third-order valence-electron chi connectivity index (χ3n) is 2.45. The van der Waals surface area contributed by atoms with Gasteiger partial charge in [-0.3, -0.25) is 0 Å². The molecule has 0 saturated carbocycles. The highest BCUT2D eigenvalue weighted by atomic mass is 16.7. The molecule has 3 nitrogen and oxygen atoms in total. The number of methoxy groups -OCH3 is 1. The second kappa shape index (κ2) is 3.59. The van der Waals surface area contributed by atoms with Crippen LogP contribution in [0.5, 0.6) is 5.75 Å². The Balaban J connectivity index is 2.23. The molecule has 0 N–H and O–H groups in total. The molecule has 1 heterocycles. The van der Waals surface area contributed by atoms with Crippen LogP contribution in [0.25, 0.3) is 0 Å². The van der Waals surface area contributed by atoms with Crippen LogP contribution in [0.4, 0.5) is 0 Å². The molecule has 2 rings (SSSR count). The van der Waals surface area contributed by atoms with Gasteiger partial charge in [-0.15, -0.1) is 0 Å². The second-order valence-electron chi connectivity index (χ2n) is 3.37. The molecule has 0 amide bonds. The van der Waals surface area contributed by atoms with E-state index in [0.717, 1.165) is 11.3 Å². The van der Waals surface area contributed by atoms with E-state index in [1.807, 2.05) is 31.2 Å². The monoisotopic (exact) mass is 194 g/mol. The fraction of sp³-hybridized carbons (Fsp3) is 0.455. The van der Waals surface area contributed by atoms with Crippen LogP contribution in [0, 0.1) is 0 Å². The second-order valence-corrected chi connectivity index (χ2v) is 3.37. The van der Waals surface area contributed by atoms with E-state index in [-0.39, 0.29) is 0 Å². The van der Waals surface area contributed by atoms with Crippen LogP contribution < -0.4 is 4.74 Å². The third-order valence-corrected chi connectivity index (χ3v) is 2.45. The van der Waals surface area contributed by atoms with E-state index in [1.165, 1.54) is 0 Å². The van der Waals surface area contributed by atoms with Crippen LogP contribution in [-0.2, 0) is 15.3 Å². The molecule has 0 aromatic heterocycles. The van der Waals surface area contributed by atoms with Crippen LogP contribution in [0.1, 0.15) is 12.5 Å². The van der Waals surface area contributed by atoms with Crippen LogP contribution in [0.2, 0.25) is 0 Å². The Morgan fingerprint density at radius 1 is 1.14 bits per heavy atom. The van der Waals surface area contributed by atoms with E-state index in [2.05, 4.69) is 0 Å². The molecule has 0 bridgehead atoms. The molecule has 76 valence electrons. The molecule has 0 radical (unpaired) electrons. The lowest BCUT2D eigenvalue weighted by Gasteiger charge is -2.22. The lowest BCUT2D eigenvalue weighted by Crippen LogP contribution is -2.22. The Morgan fingerprint density at radius 3 is 2.21 bits per heavy atom. The van der Waals surface area contributed by atoms with E-state index in [1.54, 1.807) is 7.11 Å². The fourth-order valence-corrected chi connectivity index (χ4v) is 1.57. The molecule has 1 aliphatic rings. The Morgan fingerprint density at radius 2 is 1.71 bits per heavy atom. The molecular weight excluding hydrogens is 180 g/mol. The standard InChI is InChI=1S/C11H14O3/c1-11(13-7-8-14-11)9-3-5-10(12-2)6-4-9/h3-6H,7-8H2,1-2H3. The minimum Gasteiger partial charge on any atom is -0.497 e. The van der Waals surface area contributed by atoms with Crippen molar-refractivity contribution in [1.29, 1.82) is 0 Å². The summed E-state index contributed by atoms with van der Waals surface area (Å²) in [5.74, 6) is 0.266. The summed E-state index contributed by atoms with van der Waals surface area (Å²) in [6.45, 7) is 3.24. The van der Waals surface area contributed by atoms with Gasteiger partial charge >= 0.3 is 0 Å². The van der Waals surface area contributed by atoms with Crippen molar-refractivity contribution in [2.75, 3.05) is 20.3 Å². The third kappa shape index (κ3) is 1.61. The van der Waals surface area contributed by atoms with Gasteiger partial charge in [0.15, 0.2) is 5.79 Å². The summed E-state index contributed by atoms with van der Waals surface area (Å²) >= 11 is 0. The van der Waals surface area contributed by atoms with Gasteiger partial charge in [0, 0.05) is 5.56 Å². The SMILES string of the molecule is COc1ccc(C2(C)OCCO2)cc1. The first-order chi connectivity index (χ1) is 6.74. The maximum Gasteiger partial charge on any atom is 0.192 e. The quantitative estimate of drug-likeness (QED) is 0.719. The van der Waals surface area contributed by atoms with Gasteiger partial charge in [-0.1, -0.05) is 0 Å². The van der Waals surface area contributed by atoms with Crippen molar-refractivity contribution >= 4 is 0 Å². The Bertz CT molecular complexity index is 299. The highest BCUT2D eigenvalue weighted by Crippen LogP contribution is 2.31. The Kier molecular flexibility index (Phi) is 2.44. The molecule has 0 spiro atoms. The zero-order valence-corrected chi connectivity index (χ0v) is 8.45. The van der Waals surface area contributed by atoms with Crippen molar-refractivity contribution in [2.24, 2.45) is 0 Å². The van der Waals surface area contributed by atoms with Gasteiger partial charge in [-0.25, -0.2) is 0 Å². The molecule has 0 aliphatic carbocycles. The Labute approximate surface area is 83.6 Å². The van der Waals surface area contributed by atoms with E-state index < -0.39 is 5.79 Å². The predicted molar refractivity (Wildman–Crippen MR) is 52.3 cm³/mol. The van der Waals surface area contributed by atoms with Crippen molar-refractivity contribution in [1.82, 2.24) is 0 Å². The van der Waals surface area contributed by atoms with Gasteiger partial charge in [-0.05, 0) is 31.2 Å². The number of hydrogen-bond donors (Lipinski definition) is 0. The summed E-state index contributed by atoms with van der Waals surface area (Å²) in [6, 6.07) is 7.74. The van der Waals surface area contributed by atoms with E-state index in [9.17, 15) is 0 Å². The minimum atomic E-state index is -0.577. The van der Waals surface area contributed by atoms with Crippen molar-refractivity contribution < 1.29 is 14.2 Å². The van der Waals surface area contributed by atoms with Crippen LogP contribution in [-0.4, -0.2) is 20.3 Å². The Hall–Kier alpha value is -1.06. The number of ether oxygens (including phenoxy) is 3. The molecule has 1 aromatic carbocycles. The van der Waals surface area contributed by atoms with Gasteiger partial charge in [0.1, 0.15) is 5.75 Å². The van der Waals surface area contributed by atoms with Gasteiger partial charge < -0.3 is 14.2 Å². The molecular formula is C11H14O3. The normalized spacial score (nSPS) is 19.6. The van der Waals surface area contributed by atoms with Crippen LogP contribution >= 0.6 is 0 Å². The van der Waals surface area contributed by atoms with Gasteiger partial charge in [0.05, 0.1) is 20.3 Å².